The lowest BCUT2D eigenvalue weighted by Crippen LogP contribution is -2.46. The van der Waals surface area contributed by atoms with E-state index in [4.69, 9.17) is 4.74 Å². The minimum Gasteiger partial charge on any atom is -0.468 e. The topological polar surface area (TPSA) is 55.8 Å². The number of hydrogen-bond donors (Lipinski definition) is 0. The molecule has 0 amide bonds. The number of carbonyl (C=O) groups is 2. The molecule has 5 heteroatoms. The Morgan fingerprint density at radius 1 is 1.33 bits per heavy atom. The van der Waals surface area contributed by atoms with Gasteiger partial charge in [0, 0.05) is 0 Å². The van der Waals surface area contributed by atoms with E-state index in [1.807, 2.05) is 4.90 Å². The lowest BCUT2D eigenvalue weighted by molar-refractivity contribution is -0.152. The number of rotatable bonds is 3. The summed E-state index contributed by atoms with van der Waals surface area (Å²) in [5.41, 5.74) is 0. The first-order valence-corrected chi connectivity index (χ1v) is 5.03. The summed E-state index contributed by atoms with van der Waals surface area (Å²) in [6.45, 7) is 2.48. The molecule has 0 aromatic carbocycles. The summed E-state index contributed by atoms with van der Waals surface area (Å²) in [6.07, 6.45) is 1.65. The number of carbonyl (C=O) groups excluding carboxylic acids is 2. The van der Waals surface area contributed by atoms with Gasteiger partial charge in [-0.15, -0.1) is 0 Å². The first-order chi connectivity index (χ1) is 7.11. The van der Waals surface area contributed by atoms with Gasteiger partial charge in [-0.1, -0.05) is 0 Å². The molecule has 5 nitrogen and oxygen atoms in total. The quantitative estimate of drug-likeness (QED) is 0.629. The molecule has 1 fully saturated rings. The number of methoxy groups -OCH3 is 2. The zero-order chi connectivity index (χ0) is 11.4. The highest BCUT2D eigenvalue weighted by Gasteiger charge is 2.37. The van der Waals surface area contributed by atoms with Gasteiger partial charge in [-0.3, -0.25) is 14.5 Å². The van der Waals surface area contributed by atoms with Gasteiger partial charge in [0.05, 0.1) is 14.2 Å². The fourth-order valence-electron chi connectivity index (χ4n) is 1.95. The fraction of sp³-hybridized carbons (Fsp3) is 0.800. The monoisotopic (exact) mass is 215 g/mol. The third kappa shape index (κ3) is 2.47. The van der Waals surface area contributed by atoms with E-state index >= 15 is 0 Å². The molecular formula is C10H17NO4. The van der Waals surface area contributed by atoms with E-state index in [1.54, 1.807) is 6.92 Å². The van der Waals surface area contributed by atoms with Crippen molar-refractivity contribution in [1.82, 2.24) is 4.90 Å². The highest BCUT2D eigenvalue weighted by atomic mass is 16.5. The molecule has 15 heavy (non-hydrogen) atoms. The largest absolute Gasteiger partial charge is 0.468 e. The summed E-state index contributed by atoms with van der Waals surface area (Å²) in [5.74, 6) is -0.589. The van der Waals surface area contributed by atoms with Crippen molar-refractivity contribution in [1.29, 1.82) is 0 Å². The Labute approximate surface area is 89.3 Å². The second kappa shape index (κ2) is 5.11. The van der Waals surface area contributed by atoms with Crippen LogP contribution in [0.1, 0.15) is 19.8 Å². The maximum Gasteiger partial charge on any atom is 0.323 e. The van der Waals surface area contributed by atoms with Gasteiger partial charge in [-0.25, -0.2) is 0 Å². The molecule has 1 saturated heterocycles. The normalized spacial score (nSPS) is 23.5. The fourth-order valence-corrected chi connectivity index (χ4v) is 1.95. The number of likely N-dealkylation sites (tertiary alicyclic amines) is 1. The van der Waals surface area contributed by atoms with Crippen LogP contribution in [-0.2, 0) is 19.1 Å². The summed E-state index contributed by atoms with van der Waals surface area (Å²) in [7, 11) is 2.71. The van der Waals surface area contributed by atoms with Crippen LogP contribution in [0, 0.1) is 0 Å². The minimum atomic E-state index is -0.387. The molecular weight excluding hydrogens is 198 g/mol. The van der Waals surface area contributed by atoms with Crippen molar-refractivity contribution in [2.45, 2.75) is 31.8 Å². The Morgan fingerprint density at radius 2 is 2.00 bits per heavy atom. The van der Waals surface area contributed by atoms with Crippen LogP contribution in [0.3, 0.4) is 0 Å². The van der Waals surface area contributed by atoms with Gasteiger partial charge in [-0.2, -0.15) is 0 Å². The molecule has 1 aliphatic rings. The summed E-state index contributed by atoms with van der Waals surface area (Å²) in [5, 5.41) is 0. The second-order valence-corrected chi connectivity index (χ2v) is 3.62. The molecule has 0 N–H and O–H groups in total. The van der Waals surface area contributed by atoms with Gasteiger partial charge in [0.25, 0.3) is 0 Å². The van der Waals surface area contributed by atoms with Crippen LogP contribution in [0.4, 0.5) is 0 Å². The Kier molecular flexibility index (Phi) is 4.08. The van der Waals surface area contributed by atoms with Gasteiger partial charge in [0.15, 0.2) is 0 Å². The van der Waals surface area contributed by atoms with Crippen LogP contribution in [-0.4, -0.2) is 49.7 Å². The van der Waals surface area contributed by atoms with Crippen molar-refractivity contribution in [2.24, 2.45) is 0 Å². The molecule has 86 valence electrons. The maximum atomic E-state index is 11.4. The average Bonchev–Trinajstić information content (AvgIpc) is 2.74. The predicted molar refractivity (Wildman–Crippen MR) is 53.2 cm³/mol. The second-order valence-electron chi connectivity index (χ2n) is 3.62. The SMILES string of the molecule is COC(=O)C(C)N1CCCC1C(=O)OC. The Hall–Kier alpha value is -1.10. The molecule has 0 spiro atoms. The van der Waals surface area contributed by atoms with Crippen LogP contribution in [0.2, 0.25) is 0 Å². The summed E-state index contributed by atoms with van der Waals surface area (Å²) in [4.78, 5) is 24.6. The molecule has 0 aliphatic carbocycles. The van der Waals surface area contributed by atoms with Crippen molar-refractivity contribution < 1.29 is 19.1 Å². The first kappa shape index (κ1) is 12.0. The van der Waals surface area contributed by atoms with E-state index < -0.39 is 0 Å². The summed E-state index contributed by atoms with van der Waals surface area (Å²) in [6, 6.07) is -0.689. The van der Waals surface area contributed by atoms with Crippen molar-refractivity contribution in [3.05, 3.63) is 0 Å². The van der Waals surface area contributed by atoms with E-state index in [9.17, 15) is 9.59 Å². The first-order valence-electron chi connectivity index (χ1n) is 5.03. The Balaban J connectivity index is 2.67. The van der Waals surface area contributed by atoms with Gasteiger partial charge >= 0.3 is 11.9 Å². The molecule has 2 unspecified atom stereocenters. The summed E-state index contributed by atoms with van der Waals surface area (Å²) >= 11 is 0. The Morgan fingerprint density at radius 3 is 2.53 bits per heavy atom. The van der Waals surface area contributed by atoms with Gasteiger partial charge in [-0.05, 0) is 26.3 Å². The lowest BCUT2D eigenvalue weighted by Gasteiger charge is -2.26. The molecule has 0 aromatic rings. The van der Waals surface area contributed by atoms with E-state index in [1.165, 1.54) is 14.2 Å². The third-order valence-electron chi connectivity index (χ3n) is 2.81. The maximum absolute atomic E-state index is 11.4. The van der Waals surface area contributed by atoms with Crippen LogP contribution in [0.25, 0.3) is 0 Å². The van der Waals surface area contributed by atoms with E-state index in [0.29, 0.717) is 0 Å². The third-order valence-corrected chi connectivity index (χ3v) is 2.81. The number of nitrogens with zero attached hydrogens (tertiary/aromatic N) is 1. The van der Waals surface area contributed by atoms with Crippen LogP contribution in [0.15, 0.2) is 0 Å². The van der Waals surface area contributed by atoms with Gasteiger partial charge in [0.2, 0.25) is 0 Å². The molecule has 0 saturated carbocycles. The summed E-state index contributed by atoms with van der Waals surface area (Å²) < 4.78 is 9.35. The standard InChI is InChI=1S/C10H17NO4/c1-7(9(12)14-2)11-6-4-5-8(11)10(13)15-3/h7-8H,4-6H2,1-3H3. The smallest absolute Gasteiger partial charge is 0.323 e. The average molecular weight is 215 g/mol. The molecule has 1 rings (SSSR count). The minimum absolute atomic E-state index is 0.275. The van der Waals surface area contributed by atoms with Crippen LogP contribution < -0.4 is 0 Å². The van der Waals surface area contributed by atoms with Gasteiger partial charge in [0.1, 0.15) is 12.1 Å². The molecule has 1 heterocycles. The molecule has 2 atom stereocenters. The van der Waals surface area contributed by atoms with E-state index in [2.05, 4.69) is 4.74 Å². The highest BCUT2D eigenvalue weighted by molar-refractivity contribution is 5.79. The van der Waals surface area contributed by atoms with Gasteiger partial charge < -0.3 is 9.47 Å². The molecule has 0 aromatic heterocycles. The van der Waals surface area contributed by atoms with Crippen molar-refractivity contribution >= 4 is 11.9 Å². The number of ether oxygens (including phenoxy) is 2. The zero-order valence-corrected chi connectivity index (χ0v) is 9.36. The van der Waals surface area contributed by atoms with Crippen molar-refractivity contribution in [3.8, 4) is 0 Å². The number of hydrogen-bond acceptors (Lipinski definition) is 5. The van der Waals surface area contributed by atoms with E-state index in [0.717, 1.165) is 19.4 Å². The van der Waals surface area contributed by atoms with Crippen LogP contribution >= 0.6 is 0 Å². The predicted octanol–water partition coefficient (Wildman–Crippen LogP) is 0.185. The lowest BCUT2D eigenvalue weighted by atomic mass is 10.2. The van der Waals surface area contributed by atoms with Crippen molar-refractivity contribution in [3.63, 3.8) is 0 Å². The molecule has 1 aliphatic heterocycles. The number of esters is 2. The zero-order valence-electron chi connectivity index (χ0n) is 9.36. The van der Waals surface area contributed by atoms with Crippen LogP contribution in [0.5, 0.6) is 0 Å². The van der Waals surface area contributed by atoms with Crippen molar-refractivity contribution in [2.75, 3.05) is 20.8 Å². The molecule has 0 radical (unpaired) electrons. The van der Waals surface area contributed by atoms with E-state index in [-0.39, 0.29) is 24.0 Å². The molecule has 0 bridgehead atoms. The Bertz CT molecular complexity index is 254. The highest BCUT2D eigenvalue weighted by Crippen LogP contribution is 2.21.